The van der Waals surface area contributed by atoms with Crippen molar-refractivity contribution >= 4 is 39.3 Å². The number of hydrogen-bond acceptors (Lipinski definition) is 4. The molecule has 0 radical (unpaired) electrons. The Morgan fingerprint density at radius 2 is 1.93 bits per heavy atom. The molecule has 1 saturated heterocycles. The van der Waals surface area contributed by atoms with Gasteiger partial charge in [0, 0.05) is 19.2 Å². The molecule has 28 heavy (non-hydrogen) atoms. The maximum Gasteiger partial charge on any atom is 0.248 e. The number of benzene rings is 2. The Kier molecular flexibility index (Phi) is 6.46. The van der Waals surface area contributed by atoms with Crippen molar-refractivity contribution in [1.29, 1.82) is 0 Å². The molecule has 0 unspecified atom stereocenters. The normalized spacial score (nSPS) is 15.6. The summed E-state index contributed by atoms with van der Waals surface area (Å²) in [5, 5.41) is 2.75. The molecule has 2 aromatic carbocycles. The minimum atomic E-state index is -3.71. The smallest absolute Gasteiger partial charge is 0.248 e. The van der Waals surface area contributed by atoms with E-state index < -0.39 is 21.7 Å². The Morgan fingerprint density at radius 3 is 2.64 bits per heavy atom. The molecular weight excluding hydrogens is 407 g/mol. The molecule has 1 aliphatic heterocycles. The third-order valence-electron chi connectivity index (χ3n) is 4.08. The van der Waals surface area contributed by atoms with Gasteiger partial charge in [-0.3, -0.25) is 4.79 Å². The van der Waals surface area contributed by atoms with Gasteiger partial charge in [0.15, 0.2) is 0 Å². The summed E-state index contributed by atoms with van der Waals surface area (Å²) in [5.74, 6) is -0.932. The third kappa shape index (κ3) is 4.96. The van der Waals surface area contributed by atoms with Crippen molar-refractivity contribution in [2.24, 2.45) is 0 Å². The van der Waals surface area contributed by atoms with E-state index in [4.69, 9.17) is 16.3 Å². The predicted octanol–water partition coefficient (Wildman–Crippen LogP) is 3.15. The maximum absolute atomic E-state index is 13.2. The Bertz CT molecular complexity index is 1000. The van der Waals surface area contributed by atoms with E-state index in [1.54, 1.807) is 6.07 Å². The molecule has 1 heterocycles. The zero-order valence-corrected chi connectivity index (χ0v) is 16.3. The van der Waals surface area contributed by atoms with Crippen LogP contribution in [0.15, 0.2) is 53.4 Å². The lowest BCUT2D eigenvalue weighted by atomic mass is 10.2. The van der Waals surface area contributed by atoms with Crippen molar-refractivity contribution < 1.29 is 22.3 Å². The molecule has 0 aromatic heterocycles. The van der Waals surface area contributed by atoms with Crippen LogP contribution < -0.4 is 5.32 Å². The largest absolute Gasteiger partial charge is 0.379 e. The van der Waals surface area contributed by atoms with Gasteiger partial charge in [0.05, 0.1) is 28.8 Å². The van der Waals surface area contributed by atoms with Crippen molar-refractivity contribution in [3.63, 3.8) is 0 Å². The molecule has 0 atom stereocenters. The average molecular weight is 425 g/mol. The predicted molar refractivity (Wildman–Crippen MR) is 105 cm³/mol. The number of nitrogens with zero attached hydrogens (tertiary/aromatic N) is 1. The van der Waals surface area contributed by atoms with Crippen LogP contribution in [0.4, 0.5) is 10.1 Å². The van der Waals surface area contributed by atoms with E-state index in [9.17, 15) is 17.6 Å². The number of nitrogens with one attached hydrogen (secondary N) is 1. The Labute approximate surface area is 167 Å². The van der Waals surface area contributed by atoms with Gasteiger partial charge < -0.3 is 10.1 Å². The van der Waals surface area contributed by atoms with Crippen LogP contribution in [0.5, 0.6) is 0 Å². The molecule has 1 N–H and O–H groups in total. The molecule has 9 heteroatoms. The average Bonchev–Trinajstić information content (AvgIpc) is 2.69. The molecule has 0 saturated carbocycles. The van der Waals surface area contributed by atoms with E-state index >= 15 is 0 Å². The summed E-state index contributed by atoms with van der Waals surface area (Å²) in [4.78, 5) is 12.2. The molecule has 3 rings (SSSR count). The van der Waals surface area contributed by atoms with Gasteiger partial charge in [-0.25, -0.2) is 12.8 Å². The first kappa shape index (κ1) is 20.5. The van der Waals surface area contributed by atoms with Crippen LogP contribution in [0.1, 0.15) is 5.56 Å². The highest BCUT2D eigenvalue weighted by atomic mass is 35.5. The zero-order chi connectivity index (χ0) is 20.1. The number of carbonyl (C=O) groups excluding carboxylic acids is 1. The Balaban J connectivity index is 1.77. The van der Waals surface area contributed by atoms with Crippen LogP contribution in [0.25, 0.3) is 6.08 Å². The van der Waals surface area contributed by atoms with Gasteiger partial charge in [-0.15, -0.1) is 0 Å². The SMILES string of the molecule is O=C(/C=C/c1cccc(F)c1)Nc1cc(S(=O)(=O)N2CCOCC2)ccc1Cl. The summed E-state index contributed by atoms with van der Waals surface area (Å²) < 4.78 is 45.2. The van der Waals surface area contributed by atoms with Crippen LogP contribution in [0.3, 0.4) is 0 Å². The van der Waals surface area contributed by atoms with Crippen LogP contribution in [-0.4, -0.2) is 44.9 Å². The standard InChI is InChI=1S/C19H18ClFN2O4S/c20-17-6-5-16(28(25,26)23-8-10-27-11-9-23)13-18(17)22-19(24)7-4-14-2-1-3-15(21)12-14/h1-7,12-13H,8-11H2,(H,22,24)/b7-4+. The van der Waals surface area contributed by atoms with Gasteiger partial charge in [-0.05, 0) is 42.0 Å². The number of halogens is 2. The van der Waals surface area contributed by atoms with E-state index in [1.807, 2.05) is 0 Å². The van der Waals surface area contributed by atoms with E-state index in [1.165, 1.54) is 52.9 Å². The van der Waals surface area contributed by atoms with E-state index in [2.05, 4.69) is 5.32 Å². The fourth-order valence-corrected chi connectivity index (χ4v) is 4.25. The highest BCUT2D eigenvalue weighted by Gasteiger charge is 2.27. The lowest BCUT2D eigenvalue weighted by molar-refractivity contribution is -0.111. The first-order valence-corrected chi connectivity index (χ1v) is 10.3. The van der Waals surface area contributed by atoms with Crippen molar-refractivity contribution in [1.82, 2.24) is 4.31 Å². The molecule has 6 nitrogen and oxygen atoms in total. The lowest BCUT2D eigenvalue weighted by Gasteiger charge is -2.26. The topological polar surface area (TPSA) is 75.7 Å². The summed E-state index contributed by atoms with van der Waals surface area (Å²) in [7, 11) is -3.71. The molecule has 1 fully saturated rings. The van der Waals surface area contributed by atoms with Crippen LogP contribution in [0, 0.1) is 5.82 Å². The first-order valence-electron chi connectivity index (χ1n) is 8.48. The fraction of sp³-hybridized carbons (Fsp3) is 0.211. The number of hydrogen-bond donors (Lipinski definition) is 1. The van der Waals surface area contributed by atoms with Gasteiger partial charge in [0.2, 0.25) is 15.9 Å². The van der Waals surface area contributed by atoms with E-state index in [0.29, 0.717) is 18.8 Å². The molecule has 2 aromatic rings. The molecule has 148 valence electrons. The van der Waals surface area contributed by atoms with E-state index in [0.717, 1.165) is 0 Å². The molecule has 1 amide bonds. The number of carbonyl (C=O) groups is 1. The molecule has 0 aliphatic carbocycles. The zero-order valence-electron chi connectivity index (χ0n) is 14.8. The highest BCUT2D eigenvalue weighted by molar-refractivity contribution is 7.89. The first-order chi connectivity index (χ1) is 13.4. The quantitative estimate of drug-likeness (QED) is 0.748. The van der Waals surface area contributed by atoms with Crippen molar-refractivity contribution in [3.05, 3.63) is 64.9 Å². The fourth-order valence-electron chi connectivity index (χ4n) is 2.65. The van der Waals surface area contributed by atoms with Crippen LogP contribution >= 0.6 is 11.6 Å². The lowest BCUT2D eigenvalue weighted by Crippen LogP contribution is -2.40. The highest BCUT2D eigenvalue weighted by Crippen LogP contribution is 2.27. The summed E-state index contributed by atoms with van der Waals surface area (Å²) in [5.41, 5.74) is 0.690. The van der Waals surface area contributed by atoms with E-state index in [-0.39, 0.29) is 28.7 Å². The monoisotopic (exact) mass is 424 g/mol. The second-order valence-corrected chi connectivity index (χ2v) is 8.38. The van der Waals surface area contributed by atoms with Crippen LogP contribution in [0.2, 0.25) is 5.02 Å². The molecule has 0 bridgehead atoms. The second kappa shape index (κ2) is 8.83. The van der Waals surface area contributed by atoms with Crippen molar-refractivity contribution in [2.45, 2.75) is 4.90 Å². The van der Waals surface area contributed by atoms with Crippen molar-refractivity contribution in [2.75, 3.05) is 31.6 Å². The number of ether oxygens (including phenoxy) is 1. The van der Waals surface area contributed by atoms with Crippen molar-refractivity contribution in [3.8, 4) is 0 Å². The Morgan fingerprint density at radius 1 is 1.18 bits per heavy atom. The number of amides is 1. The number of sulfonamides is 1. The molecular formula is C19H18ClFN2O4S. The number of morpholine rings is 1. The summed E-state index contributed by atoms with van der Waals surface area (Å²) in [6, 6.07) is 9.90. The van der Waals surface area contributed by atoms with Gasteiger partial charge in [0.25, 0.3) is 0 Å². The molecule has 1 aliphatic rings. The Hall–Kier alpha value is -2.26. The van der Waals surface area contributed by atoms with Gasteiger partial charge in [-0.2, -0.15) is 4.31 Å². The number of rotatable bonds is 5. The van der Waals surface area contributed by atoms with Crippen LogP contribution in [-0.2, 0) is 19.6 Å². The third-order valence-corrected chi connectivity index (χ3v) is 6.30. The summed E-state index contributed by atoms with van der Waals surface area (Å²) >= 11 is 6.10. The molecule has 0 spiro atoms. The maximum atomic E-state index is 13.2. The minimum absolute atomic E-state index is 0.0308. The van der Waals surface area contributed by atoms with Gasteiger partial charge in [-0.1, -0.05) is 23.7 Å². The summed E-state index contributed by atoms with van der Waals surface area (Å²) in [6.45, 7) is 1.20. The summed E-state index contributed by atoms with van der Waals surface area (Å²) in [6.07, 6.45) is 2.66. The van der Waals surface area contributed by atoms with Gasteiger partial charge in [0.1, 0.15) is 5.82 Å². The number of anilines is 1. The minimum Gasteiger partial charge on any atom is -0.379 e. The van der Waals surface area contributed by atoms with Gasteiger partial charge >= 0.3 is 0 Å². The second-order valence-electron chi connectivity index (χ2n) is 6.04.